The maximum Gasteiger partial charge on any atom is 0.227 e. The van der Waals surface area contributed by atoms with Crippen LogP contribution in [0.1, 0.15) is 12.8 Å². The van der Waals surface area contributed by atoms with Gasteiger partial charge in [0, 0.05) is 22.5 Å². The molecule has 0 bridgehead atoms. The van der Waals surface area contributed by atoms with Crippen LogP contribution < -0.4 is 11.1 Å². The fourth-order valence-electron chi connectivity index (χ4n) is 1.77. The van der Waals surface area contributed by atoms with Gasteiger partial charge in [0.15, 0.2) is 5.13 Å². The van der Waals surface area contributed by atoms with E-state index >= 15 is 0 Å². The van der Waals surface area contributed by atoms with Crippen LogP contribution in [0.5, 0.6) is 0 Å². The molecule has 4 nitrogen and oxygen atoms in total. The molecular weight excluding hydrogens is 246 g/mol. The van der Waals surface area contributed by atoms with E-state index in [1.54, 1.807) is 0 Å². The van der Waals surface area contributed by atoms with Crippen LogP contribution in [0.3, 0.4) is 0 Å². The van der Waals surface area contributed by atoms with Gasteiger partial charge in [0.2, 0.25) is 5.91 Å². The smallest absolute Gasteiger partial charge is 0.227 e. The Hall–Kier alpha value is -1.88. The Balaban J connectivity index is 1.82. The van der Waals surface area contributed by atoms with Crippen molar-refractivity contribution in [3.63, 3.8) is 0 Å². The largest absolute Gasteiger partial charge is 0.375 e. The molecule has 0 saturated heterocycles. The summed E-state index contributed by atoms with van der Waals surface area (Å²) in [4.78, 5) is 15.9. The highest BCUT2D eigenvalue weighted by molar-refractivity contribution is 7.13. The van der Waals surface area contributed by atoms with Crippen molar-refractivity contribution in [3.8, 4) is 11.3 Å². The third-order valence-electron chi connectivity index (χ3n) is 2.90. The van der Waals surface area contributed by atoms with Gasteiger partial charge in [-0.15, -0.1) is 11.3 Å². The topological polar surface area (TPSA) is 68.0 Å². The number of carbonyl (C=O) groups is 1. The molecule has 1 saturated carbocycles. The second-order valence-electron chi connectivity index (χ2n) is 4.42. The van der Waals surface area contributed by atoms with Gasteiger partial charge in [-0.1, -0.05) is 12.1 Å². The van der Waals surface area contributed by atoms with Crippen molar-refractivity contribution >= 4 is 28.1 Å². The maximum atomic E-state index is 11.7. The molecule has 1 aliphatic carbocycles. The monoisotopic (exact) mass is 259 g/mol. The number of anilines is 2. The lowest BCUT2D eigenvalue weighted by Gasteiger charge is -2.05. The second-order valence-corrected chi connectivity index (χ2v) is 5.30. The zero-order valence-corrected chi connectivity index (χ0v) is 10.5. The normalized spacial score (nSPS) is 14.4. The number of amides is 1. The third kappa shape index (κ3) is 2.36. The first-order chi connectivity index (χ1) is 8.72. The van der Waals surface area contributed by atoms with Crippen molar-refractivity contribution in [1.29, 1.82) is 0 Å². The van der Waals surface area contributed by atoms with E-state index in [0.717, 1.165) is 29.8 Å². The van der Waals surface area contributed by atoms with Gasteiger partial charge in [0.25, 0.3) is 0 Å². The van der Waals surface area contributed by atoms with Crippen molar-refractivity contribution in [2.75, 3.05) is 11.1 Å². The highest BCUT2D eigenvalue weighted by atomic mass is 32.1. The number of nitrogens with two attached hydrogens (primary N) is 1. The van der Waals surface area contributed by atoms with E-state index in [0.29, 0.717) is 5.13 Å². The summed E-state index contributed by atoms with van der Waals surface area (Å²) < 4.78 is 0. The Morgan fingerprint density at radius 3 is 2.94 bits per heavy atom. The lowest BCUT2D eigenvalue weighted by Crippen LogP contribution is -2.13. The Bertz CT molecular complexity index is 589. The van der Waals surface area contributed by atoms with Gasteiger partial charge in [-0.2, -0.15) is 0 Å². The van der Waals surface area contributed by atoms with Gasteiger partial charge in [-0.3, -0.25) is 4.79 Å². The summed E-state index contributed by atoms with van der Waals surface area (Å²) in [5, 5.41) is 5.39. The molecule has 92 valence electrons. The molecule has 1 heterocycles. The van der Waals surface area contributed by atoms with Crippen molar-refractivity contribution < 1.29 is 4.79 Å². The van der Waals surface area contributed by atoms with Crippen molar-refractivity contribution in [1.82, 2.24) is 4.98 Å². The molecule has 0 aliphatic heterocycles. The fraction of sp³-hybridized carbons (Fsp3) is 0.231. The summed E-state index contributed by atoms with van der Waals surface area (Å²) in [5.74, 6) is 0.327. The van der Waals surface area contributed by atoms with Gasteiger partial charge in [0.05, 0.1) is 5.69 Å². The maximum absolute atomic E-state index is 11.7. The van der Waals surface area contributed by atoms with Gasteiger partial charge in [0.1, 0.15) is 0 Å². The van der Waals surface area contributed by atoms with E-state index in [9.17, 15) is 4.79 Å². The van der Waals surface area contributed by atoms with E-state index in [4.69, 9.17) is 5.73 Å². The van der Waals surface area contributed by atoms with Crippen LogP contribution >= 0.6 is 11.3 Å². The molecule has 1 aromatic carbocycles. The number of aromatic nitrogens is 1. The zero-order chi connectivity index (χ0) is 12.5. The summed E-state index contributed by atoms with van der Waals surface area (Å²) in [6, 6.07) is 7.68. The average Bonchev–Trinajstić information content (AvgIpc) is 3.12. The van der Waals surface area contributed by atoms with E-state index in [1.807, 2.05) is 29.6 Å². The number of thiazole rings is 1. The van der Waals surface area contributed by atoms with Gasteiger partial charge in [-0.05, 0) is 25.0 Å². The molecule has 1 amide bonds. The molecule has 0 radical (unpaired) electrons. The predicted octanol–water partition coefficient (Wildman–Crippen LogP) is 2.74. The average molecular weight is 259 g/mol. The molecule has 18 heavy (non-hydrogen) atoms. The molecule has 1 fully saturated rings. The molecule has 3 N–H and O–H groups in total. The van der Waals surface area contributed by atoms with Crippen molar-refractivity contribution in [2.24, 2.45) is 5.92 Å². The molecule has 2 aromatic rings. The summed E-state index contributed by atoms with van der Waals surface area (Å²) in [5.41, 5.74) is 8.25. The summed E-state index contributed by atoms with van der Waals surface area (Å²) >= 11 is 1.41. The first-order valence-corrected chi connectivity index (χ1v) is 6.72. The summed E-state index contributed by atoms with van der Waals surface area (Å²) in [6.07, 6.45) is 2.02. The Morgan fingerprint density at radius 1 is 1.44 bits per heavy atom. The van der Waals surface area contributed by atoms with Crippen LogP contribution in [0.4, 0.5) is 10.8 Å². The number of rotatable bonds is 3. The minimum Gasteiger partial charge on any atom is -0.375 e. The number of nitrogens with zero attached hydrogens (tertiary/aromatic N) is 1. The van der Waals surface area contributed by atoms with E-state index < -0.39 is 0 Å². The highest BCUT2D eigenvalue weighted by Gasteiger charge is 2.29. The molecule has 5 heteroatoms. The standard InChI is InChI=1S/C13H13N3OS/c14-13-16-11(7-18-13)9-2-1-3-10(6-9)15-12(17)8-4-5-8/h1-3,6-8H,4-5H2,(H2,14,16)(H,15,17). The molecule has 3 rings (SSSR count). The SMILES string of the molecule is Nc1nc(-c2cccc(NC(=O)C3CC3)c2)cs1. The third-order valence-corrected chi connectivity index (χ3v) is 3.57. The summed E-state index contributed by atoms with van der Waals surface area (Å²) in [6.45, 7) is 0. The quantitative estimate of drug-likeness (QED) is 0.890. The first kappa shape index (κ1) is 11.2. The van der Waals surface area contributed by atoms with Crippen molar-refractivity contribution in [3.05, 3.63) is 29.6 Å². The molecule has 0 unspecified atom stereocenters. The van der Waals surface area contributed by atoms with Crippen molar-refractivity contribution in [2.45, 2.75) is 12.8 Å². The number of nitrogen functional groups attached to an aromatic ring is 1. The highest BCUT2D eigenvalue weighted by Crippen LogP contribution is 2.31. The number of carbonyl (C=O) groups excluding carboxylic acids is 1. The molecule has 1 aromatic heterocycles. The fourth-order valence-corrected chi connectivity index (χ4v) is 2.34. The van der Waals surface area contributed by atoms with E-state index in [1.165, 1.54) is 11.3 Å². The number of benzene rings is 1. The number of hydrogen-bond donors (Lipinski definition) is 2. The summed E-state index contributed by atoms with van der Waals surface area (Å²) in [7, 11) is 0. The van der Waals surface area contributed by atoms with Crippen LogP contribution in [0, 0.1) is 5.92 Å². The van der Waals surface area contributed by atoms with Gasteiger partial charge < -0.3 is 11.1 Å². The number of hydrogen-bond acceptors (Lipinski definition) is 4. The van der Waals surface area contributed by atoms with Crippen LogP contribution in [0.25, 0.3) is 11.3 Å². The van der Waals surface area contributed by atoms with Crippen LogP contribution in [0.15, 0.2) is 29.6 Å². The Labute approximate surface area is 109 Å². The minimum atomic E-state index is 0.116. The zero-order valence-electron chi connectivity index (χ0n) is 9.72. The van der Waals surface area contributed by atoms with Gasteiger partial charge >= 0.3 is 0 Å². The Morgan fingerprint density at radius 2 is 2.28 bits per heavy atom. The van der Waals surface area contributed by atoms with Crippen LogP contribution in [-0.4, -0.2) is 10.9 Å². The molecular formula is C13H13N3OS. The van der Waals surface area contributed by atoms with E-state index in [2.05, 4.69) is 10.3 Å². The number of nitrogens with one attached hydrogen (secondary N) is 1. The first-order valence-electron chi connectivity index (χ1n) is 5.85. The Kier molecular flexibility index (Phi) is 2.76. The van der Waals surface area contributed by atoms with E-state index in [-0.39, 0.29) is 11.8 Å². The lowest BCUT2D eigenvalue weighted by atomic mass is 10.1. The predicted molar refractivity (Wildman–Crippen MR) is 73.3 cm³/mol. The molecule has 1 aliphatic rings. The van der Waals surface area contributed by atoms with Gasteiger partial charge in [-0.25, -0.2) is 4.98 Å². The molecule has 0 atom stereocenters. The minimum absolute atomic E-state index is 0.116. The second kappa shape index (κ2) is 4.42. The lowest BCUT2D eigenvalue weighted by molar-refractivity contribution is -0.117. The van der Waals surface area contributed by atoms with Crippen LogP contribution in [0.2, 0.25) is 0 Å². The van der Waals surface area contributed by atoms with Crippen LogP contribution in [-0.2, 0) is 4.79 Å². The molecule has 0 spiro atoms.